The highest BCUT2D eigenvalue weighted by Crippen LogP contribution is 2.12. The van der Waals surface area contributed by atoms with Crippen molar-refractivity contribution >= 4 is 18.0 Å². The van der Waals surface area contributed by atoms with Gasteiger partial charge in [-0.15, -0.1) is 0 Å². The van der Waals surface area contributed by atoms with Crippen LogP contribution in [-0.2, 0) is 14.3 Å². The molecule has 138 valence electrons. The fourth-order valence-corrected chi connectivity index (χ4v) is 2.02. The van der Waals surface area contributed by atoms with Crippen molar-refractivity contribution in [1.29, 1.82) is 5.26 Å². The summed E-state index contributed by atoms with van der Waals surface area (Å²) >= 11 is 0. The van der Waals surface area contributed by atoms with Crippen LogP contribution in [0.25, 0.3) is 0 Å². The Kier molecular flexibility index (Phi) is 6.79. The van der Waals surface area contributed by atoms with Gasteiger partial charge in [0.05, 0.1) is 0 Å². The van der Waals surface area contributed by atoms with Crippen LogP contribution in [0.4, 0.5) is 4.79 Å². The van der Waals surface area contributed by atoms with Gasteiger partial charge in [0.15, 0.2) is 0 Å². The van der Waals surface area contributed by atoms with E-state index < -0.39 is 29.6 Å². The van der Waals surface area contributed by atoms with Crippen molar-refractivity contribution in [2.75, 3.05) is 26.2 Å². The zero-order chi connectivity index (χ0) is 19.2. The average Bonchev–Trinajstić information content (AvgIpc) is 2.51. The minimum atomic E-state index is -1.18. The Morgan fingerprint density at radius 3 is 2.24 bits per heavy atom. The van der Waals surface area contributed by atoms with Gasteiger partial charge in [0.2, 0.25) is 0 Å². The van der Waals surface area contributed by atoms with Gasteiger partial charge < -0.3 is 25.0 Å². The largest absolute Gasteiger partial charge is 0.480 e. The molecule has 9 heteroatoms. The molecule has 0 spiro atoms. The maximum Gasteiger partial charge on any atom is 0.410 e. The van der Waals surface area contributed by atoms with Crippen LogP contribution in [0.3, 0.4) is 0 Å². The van der Waals surface area contributed by atoms with Crippen LogP contribution in [0.1, 0.15) is 27.7 Å². The van der Waals surface area contributed by atoms with Crippen LogP contribution in [-0.4, -0.2) is 70.7 Å². The summed E-state index contributed by atoms with van der Waals surface area (Å²) in [5.74, 6) is -1.93. The van der Waals surface area contributed by atoms with Crippen LogP contribution < -0.4 is 5.32 Å². The highest BCUT2D eigenvalue weighted by molar-refractivity contribution is 5.99. The summed E-state index contributed by atoms with van der Waals surface area (Å²) in [5.41, 5.74) is -0.750. The van der Waals surface area contributed by atoms with Gasteiger partial charge in [0, 0.05) is 32.4 Å². The van der Waals surface area contributed by atoms with E-state index in [0.29, 0.717) is 26.2 Å². The molecule has 1 heterocycles. The van der Waals surface area contributed by atoms with E-state index in [0.717, 1.165) is 0 Å². The summed E-state index contributed by atoms with van der Waals surface area (Å²) < 4.78 is 5.30. The van der Waals surface area contributed by atoms with Gasteiger partial charge in [0.25, 0.3) is 5.91 Å². The molecule has 0 radical (unpaired) electrons. The van der Waals surface area contributed by atoms with Crippen molar-refractivity contribution in [2.45, 2.75) is 39.3 Å². The molecular formula is C16H24N4O5. The van der Waals surface area contributed by atoms with E-state index >= 15 is 0 Å². The van der Waals surface area contributed by atoms with Crippen LogP contribution in [0.5, 0.6) is 0 Å². The molecular weight excluding hydrogens is 328 g/mol. The van der Waals surface area contributed by atoms with Crippen molar-refractivity contribution in [3.8, 4) is 6.07 Å². The van der Waals surface area contributed by atoms with Crippen molar-refractivity contribution < 1.29 is 24.2 Å². The van der Waals surface area contributed by atoms with E-state index in [4.69, 9.17) is 15.1 Å². The molecule has 1 rings (SSSR count). The van der Waals surface area contributed by atoms with E-state index in [1.54, 1.807) is 36.6 Å². The van der Waals surface area contributed by atoms with Gasteiger partial charge in [-0.1, -0.05) is 0 Å². The van der Waals surface area contributed by atoms with Crippen LogP contribution in [0, 0.1) is 11.3 Å². The number of hydrogen-bond donors (Lipinski definition) is 2. The highest BCUT2D eigenvalue weighted by Gasteiger charge is 2.26. The fourth-order valence-electron chi connectivity index (χ4n) is 2.02. The summed E-state index contributed by atoms with van der Waals surface area (Å²) in [6.07, 6.45) is 0.987. The molecule has 0 aromatic carbocycles. The Morgan fingerprint density at radius 1 is 1.24 bits per heavy atom. The molecule has 1 aliphatic heterocycles. The molecule has 2 N–H and O–H groups in total. The highest BCUT2D eigenvalue weighted by atomic mass is 16.6. The molecule has 9 nitrogen and oxygen atoms in total. The lowest BCUT2D eigenvalue weighted by atomic mass is 10.2. The number of carboxylic acids is 1. The smallest absolute Gasteiger partial charge is 0.410 e. The van der Waals surface area contributed by atoms with Gasteiger partial charge in [-0.25, -0.2) is 4.79 Å². The number of nitrogens with one attached hydrogen (secondary N) is 1. The third-order valence-corrected chi connectivity index (χ3v) is 3.36. The predicted molar refractivity (Wildman–Crippen MR) is 88.3 cm³/mol. The average molecular weight is 352 g/mol. The van der Waals surface area contributed by atoms with E-state index in [1.807, 2.05) is 0 Å². The zero-order valence-electron chi connectivity index (χ0n) is 14.9. The van der Waals surface area contributed by atoms with E-state index in [-0.39, 0.29) is 5.57 Å². The SMILES string of the molecule is CC(NC(=O)/C(C#N)=C\N1CCN(C(=O)OC(C)(C)C)CC1)C(=O)O. The first-order chi connectivity index (χ1) is 11.5. The van der Waals surface area contributed by atoms with E-state index in [2.05, 4.69) is 5.32 Å². The molecule has 0 aromatic heterocycles. The maximum absolute atomic E-state index is 12.0. The Bertz CT molecular complexity index is 595. The summed E-state index contributed by atoms with van der Waals surface area (Å²) in [6, 6.07) is 0.678. The Morgan fingerprint density at radius 2 is 1.80 bits per heavy atom. The summed E-state index contributed by atoms with van der Waals surface area (Å²) in [6.45, 7) is 8.36. The number of nitriles is 1. The summed E-state index contributed by atoms with van der Waals surface area (Å²) in [5, 5.41) is 20.1. The van der Waals surface area contributed by atoms with Crippen LogP contribution in [0.15, 0.2) is 11.8 Å². The molecule has 0 aliphatic carbocycles. The molecule has 0 aromatic rings. The van der Waals surface area contributed by atoms with E-state index in [1.165, 1.54) is 13.1 Å². The molecule has 25 heavy (non-hydrogen) atoms. The third kappa shape index (κ3) is 6.71. The minimum Gasteiger partial charge on any atom is -0.480 e. The standard InChI is InChI=1S/C16H24N4O5/c1-11(14(22)23)18-13(21)12(9-17)10-19-5-7-20(8-6-19)15(24)25-16(2,3)4/h10-11H,5-8H2,1-4H3,(H,18,21)(H,22,23)/b12-10-. The number of piperazine rings is 1. The van der Waals surface area contributed by atoms with E-state index in [9.17, 15) is 14.4 Å². The molecule has 1 aliphatic rings. The van der Waals surface area contributed by atoms with Crippen molar-refractivity contribution in [3.05, 3.63) is 11.8 Å². The van der Waals surface area contributed by atoms with Gasteiger partial charge in [-0.3, -0.25) is 9.59 Å². The van der Waals surface area contributed by atoms with Crippen molar-refractivity contribution in [1.82, 2.24) is 15.1 Å². The number of carbonyl (C=O) groups excluding carboxylic acids is 2. The molecule has 2 amide bonds. The minimum absolute atomic E-state index is 0.182. The number of rotatable bonds is 4. The number of aliphatic carboxylic acids is 1. The summed E-state index contributed by atoms with van der Waals surface area (Å²) in [4.78, 5) is 38.0. The fraction of sp³-hybridized carbons (Fsp3) is 0.625. The second kappa shape index (κ2) is 8.37. The third-order valence-electron chi connectivity index (χ3n) is 3.36. The number of hydrogen-bond acceptors (Lipinski definition) is 6. The second-order valence-electron chi connectivity index (χ2n) is 6.69. The van der Waals surface area contributed by atoms with Gasteiger partial charge in [-0.05, 0) is 27.7 Å². The molecule has 1 unspecified atom stereocenters. The van der Waals surface area contributed by atoms with Crippen LogP contribution in [0.2, 0.25) is 0 Å². The van der Waals surface area contributed by atoms with Gasteiger partial charge in [-0.2, -0.15) is 5.26 Å². The number of nitrogens with zero attached hydrogens (tertiary/aromatic N) is 3. The first-order valence-corrected chi connectivity index (χ1v) is 7.91. The molecule has 1 fully saturated rings. The lowest BCUT2D eigenvalue weighted by molar-refractivity contribution is -0.140. The second-order valence-corrected chi connectivity index (χ2v) is 6.69. The quantitative estimate of drug-likeness (QED) is 0.559. The number of carboxylic acid groups (broad SMARTS) is 1. The lowest BCUT2D eigenvalue weighted by Crippen LogP contribution is -2.48. The number of amides is 2. The first kappa shape index (κ1) is 20.3. The Hall–Kier alpha value is -2.76. The Balaban J connectivity index is 2.62. The maximum atomic E-state index is 12.0. The zero-order valence-corrected chi connectivity index (χ0v) is 14.9. The predicted octanol–water partition coefficient (Wildman–Crippen LogP) is 0.536. The molecule has 1 saturated heterocycles. The van der Waals surface area contributed by atoms with Gasteiger partial charge in [0.1, 0.15) is 23.3 Å². The number of ether oxygens (including phenoxy) is 1. The van der Waals surface area contributed by atoms with Crippen molar-refractivity contribution in [3.63, 3.8) is 0 Å². The molecule has 0 saturated carbocycles. The van der Waals surface area contributed by atoms with Crippen LogP contribution >= 0.6 is 0 Å². The number of carbonyl (C=O) groups is 3. The first-order valence-electron chi connectivity index (χ1n) is 7.91. The van der Waals surface area contributed by atoms with Crippen molar-refractivity contribution in [2.24, 2.45) is 0 Å². The van der Waals surface area contributed by atoms with Gasteiger partial charge >= 0.3 is 12.1 Å². The lowest BCUT2D eigenvalue weighted by Gasteiger charge is -2.35. The normalized spacial score (nSPS) is 16.7. The Labute approximate surface area is 146 Å². The molecule has 0 bridgehead atoms. The monoisotopic (exact) mass is 352 g/mol. The summed E-state index contributed by atoms with van der Waals surface area (Å²) in [7, 11) is 0. The topological polar surface area (TPSA) is 123 Å². The molecule has 1 atom stereocenters.